The molecule has 5 heteroatoms. The van der Waals surface area contributed by atoms with Gasteiger partial charge < -0.3 is 9.84 Å². The van der Waals surface area contributed by atoms with Crippen LogP contribution in [-0.4, -0.2) is 22.7 Å². The monoisotopic (exact) mass is 339 g/mol. The summed E-state index contributed by atoms with van der Waals surface area (Å²) in [6.45, 7) is 2.54. The Hall–Kier alpha value is -2.66. The zero-order valence-electron chi connectivity index (χ0n) is 13.2. The van der Waals surface area contributed by atoms with Crippen LogP contribution < -0.4 is 4.74 Å². The summed E-state index contributed by atoms with van der Waals surface area (Å²) in [5, 5.41) is 9.99. The molecule has 3 rings (SSSR count). The van der Waals surface area contributed by atoms with E-state index in [1.165, 1.54) is 11.3 Å². The van der Waals surface area contributed by atoms with Crippen LogP contribution in [0.1, 0.15) is 11.8 Å². The first-order valence-electron chi connectivity index (χ1n) is 7.67. The molecule has 3 aromatic rings. The lowest BCUT2D eigenvalue weighted by atomic mass is 10.1. The summed E-state index contributed by atoms with van der Waals surface area (Å²) < 4.78 is 5.54. The molecule has 122 valence electrons. The summed E-state index contributed by atoms with van der Waals surface area (Å²) in [5.41, 5.74) is 2.59. The van der Waals surface area contributed by atoms with Gasteiger partial charge in [-0.25, -0.2) is 4.98 Å². The zero-order valence-corrected chi connectivity index (χ0v) is 14.0. The molecule has 0 aliphatic heterocycles. The highest BCUT2D eigenvalue weighted by atomic mass is 32.1. The second-order valence-corrected chi connectivity index (χ2v) is 6.27. The van der Waals surface area contributed by atoms with Gasteiger partial charge in [-0.3, -0.25) is 4.79 Å². The normalized spacial score (nSPS) is 10.5. The summed E-state index contributed by atoms with van der Waals surface area (Å²) >= 11 is 1.42. The second-order valence-electron chi connectivity index (χ2n) is 5.19. The van der Waals surface area contributed by atoms with Gasteiger partial charge in [0.25, 0.3) is 0 Å². The van der Waals surface area contributed by atoms with Gasteiger partial charge in [0.2, 0.25) is 0 Å². The average Bonchev–Trinajstić information content (AvgIpc) is 2.99. The number of aliphatic carboxylic acids is 1. The highest BCUT2D eigenvalue weighted by Crippen LogP contribution is 2.35. The van der Waals surface area contributed by atoms with Gasteiger partial charge in [0, 0.05) is 16.0 Å². The predicted molar refractivity (Wildman–Crippen MR) is 95.5 cm³/mol. The average molecular weight is 339 g/mol. The molecule has 0 saturated carbocycles. The first kappa shape index (κ1) is 16.2. The molecule has 1 aromatic heterocycles. The lowest BCUT2D eigenvalue weighted by molar-refractivity contribution is -0.136. The van der Waals surface area contributed by atoms with Crippen molar-refractivity contribution in [3.63, 3.8) is 0 Å². The fourth-order valence-electron chi connectivity index (χ4n) is 2.44. The number of thiazole rings is 1. The zero-order chi connectivity index (χ0) is 16.9. The van der Waals surface area contributed by atoms with E-state index in [0.717, 1.165) is 32.5 Å². The second kappa shape index (κ2) is 7.27. The van der Waals surface area contributed by atoms with Gasteiger partial charge in [0.1, 0.15) is 10.8 Å². The van der Waals surface area contributed by atoms with E-state index in [9.17, 15) is 9.90 Å². The van der Waals surface area contributed by atoms with Gasteiger partial charge in [-0.2, -0.15) is 0 Å². The van der Waals surface area contributed by atoms with Crippen molar-refractivity contribution in [1.29, 1.82) is 0 Å². The minimum absolute atomic E-state index is 0.0347. The number of ether oxygens (including phenoxy) is 1. The number of aromatic nitrogens is 1. The fraction of sp³-hybridized carbons (Fsp3) is 0.158. The summed E-state index contributed by atoms with van der Waals surface area (Å²) in [6.07, 6.45) is -0.0347. The molecule has 0 aliphatic carbocycles. The molecule has 4 nitrogen and oxygen atoms in total. The third-order valence-electron chi connectivity index (χ3n) is 3.45. The van der Waals surface area contributed by atoms with E-state index >= 15 is 0 Å². The molecule has 0 saturated heterocycles. The van der Waals surface area contributed by atoms with Crippen LogP contribution in [0.4, 0.5) is 0 Å². The van der Waals surface area contributed by atoms with Crippen LogP contribution in [0.25, 0.3) is 21.8 Å². The Kier molecular flexibility index (Phi) is 4.91. The number of carboxylic acids is 1. The van der Waals surface area contributed by atoms with Crippen LogP contribution in [0, 0.1) is 0 Å². The molecule has 0 aliphatic rings. The standard InChI is InChI=1S/C19H17NO3S/c1-2-23-15-10-6-9-14(11-15)19-20-18(13-7-4-3-5-8-13)16(24-19)12-17(21)22/h3-11H,2,12H2,1H3,(H,21,22). The van der Waals surface area contributed by atoms with Crippen molar-refractivity contribution in [2.75, 3.05) is 6.61 Å². The largest absolute Gasteiger partial charge is 0.494 e. The van der Waals surface area contributed by atoms with Crippen molar-refractivity contribution in [2.45, 2.75) is 13.3 Å². The van der Waals surface area contributed by atoms with Crippen molar-refractivity contribution in [3.05, 3.63) is 59.5 Å². The first-order chi connectivity index (χ1) is 11.7. The molecule has 0 spiro atoms. The van der Waals surface area contributed by atoms with Gasteiger partial charge in [-0.15, -0.1) is 11.3 Å². The molecule has 0 unspecified atom stereocenters. The predicted octanol–water partition coefficient (Wildman–Crippen LogP) is 4.50. The van der Waals surface area contributed by atoms with E-state index in [2.05, 4.69) is 0 Å². The van der Waals surface area contributed by atoms with E-state index < -0.39 is 5.97 Å². The van der Waals surface area contributed by atoms with E-state index in [1.54, 1.807) is 0 Å². The van der Waals surface area contributed by atoms with Crippen LogP contribution in [0.15, 0.2) is 54.6 Å². The summed E-state index contributed by atoms with van der Waals surface area (Å²) in [4.78, 5) is 16.7. The highest BCUT2D eigenvalue weighted by Gasteiger charge is 2.16. The van der Waals surface area contributed by atoms with Crippen LogP contribution >= 0.6 is 11.3 Å². The SMILES string of the molecule is CCOc1cccc(-c2nc(-c3ccccc3)c(CC(=O)O)s2)c1. The highest BCUT2D eigenvalue weighted by molar-refractivity contribution is 7.15. The molecule has 1 heterocycles. The number of rotatable bonds is 6. The number of hydrogen-bond acceptors (Lipinski definition) is 4. The quantitative estimate of drug-likeness (QED) is 0.718. The van der Waals surface area contributed by atoms with Gasteiger partial charge >= 0.3 is 5.97 Å². The molecular weight excluding hydrogens is 322 g/mol. The van der Waals surface area contributed by atoms with E-state index in [4.69, 9.17) is 9.72 Å². The van der Waals surface area contributed by atoms with Crippen LogP contribution in [0.5, 0.6) is 5.75 Å². The topological polar surface area (TPSA) is 59.4 Å². The minimum Gasteiger partial charge on any atom is -0.494 e. The Morgan fingerprint density at radius 2 is 1.88 bits per heavy atom. The maximum atomic E-state index is 11.2. The summed E-state index contributed by atoms with van der Waals surface area (Å²) in [7, 11) is 0. The first-order valence-corrected chi connectivity index (χ1v) is 8.49. The van der Waals surface area contributed by atoms with Gasteiger partial charge in [0.15, 0.2) is 0 Å². The van der Waals surface area contributed by atoms with Crippen LogP contribution in [0.2, 0.25) is 0 Å². The van der Waals surface area contributed by atoms with Crippen molar-refractivity contribution in [1.82, 2.24) is 4.98 Å². The molecule has 1 N–H and O–H groups in total. The number of carboxylic acid groups (broad SMARTS) is 1. The fourth-order valence-corrected chi connectivity index (χ4v) is 3.51. The lowest BCUT2D eigenvalue weighted by Crippen LogP contribution is -1.99. The van der Waals surface area contributed by atoms with E-state index in [-0.39, 0.29) is 6.42 Å². The molecule has 24 heavy (non-hydrogen) atoms. The number of nitrogens with zero attached hydrogens (tertiary/aromatic N) is 1. The van der Waals surface area contributed by atoms with Crippen LogP contribution in [-0.2, 0) is 11.2 Å². The van der Waals surface area contributed by atoms with Crippen molar-refractivity contribution < 1.29 is 14.6 Å². The molecule has 0 bridgehead atoms. The molecule has 0 fully saturated rings. The maximum absolute atomic E-state index is 11.2. The van der Waals surface area contributed by atoms with Crippen molar-refractivity contribution in [2.24, 2.45) is 0 Å². The number of hydrogen-bond donors (Lipinski definition) is 1. The summed E-state index contributed by atoms with van der Waals surface area (Å²) in [5.74, 6) is -0.0725. The third-order valence-corrected chi connectivity index (χ3v) is 4.55. The van der Waals surface area contributed by atoms with Crippen molar-refractivity contribution in [3.8, 4) is 27.6 Å². The van der Waals surface area contributed by atoms with Crippen molar-refractivity contribution >= 4 is 17.3 Å². The smallest absolute Gasteiger partial charge is 0.308 e. The van der Waals surface area contributed by atoms with Gasteiger partial charge in [-0.05, 0) is 19.1 Å². The van der Waals surface area contributed by atoms with Crippen LogP contribution in [0.3, 0.4) is 0 Å². The van der Waals surface area contributed by atoms with E-state index in [0.29, 0.717) is 6.61 Å². The minimum atomic E-state index is -0.856. The molecule has 0 amide bonds. The Labute approximate surface area is 144 Å². The molecular formula is C19H17NO3S. The number of benzene rings is 2. The molecule has 0 atom stereocenters. The molecule has 2 aromatic carbocycles. The van der Waals surface area contributed by atoms with Gasteiger partial charge in [-0.1, -0.05) is 42.5 Å². The van der Waals surface area contributed by atoms with E-state index in [1.807, 2.05) is 61.5 Å². The third kappa shape index (κ3) is 3.63. The lowest BCUT2D eigenvalue weighted by Gasteiger charge is -2.03. The Morgan fingerprint density at radius 1 is 1.12 bits per heavy atom. The van der Waals surface area contributed by atoms with Gasteiger partial charge in [0.05, 0.1) is 18.7 Å². The summed E-state index contributed by atoms with van der Waals surface area (Å²) in [6, 6.07) is 17.4. The number of carbonyl (C=O) groups is 1. The Balaban J connectivity index is 2.05. The Bertz CT molecular complexity index is 843. The Morgan fingerprint density at radius 3 is 2.58 bits per heavy atom. The maximum Gasteiger partial charge on any atom is 0.308 e. The molecule has 0 radical (unpaired) electrons.